The highest BCUT2D eigenvalue weighted by Gasteiger charge is 2.16. The molecular formula is C20H15F3N6O. The maximum Gasteiger partial charge on any atom is 0.328 e. The Morgan fingerprint density at radius 3 is 2.60 bits per heavy atom. The summed E-state index contributed by atoms with van der Waals surface area (Å²) in [6.45, 7) is 8.18. The first-order chi connectivity index (χ1) is 14.3. The van der Waals surface area contributed by atoms with E-state index in [2.05, 4.69) is 33.1 Å². The molecule has 0 aliphatic heterocycles. The van der Waals surface area contributed by atoms with E-state index in [4.69, 9.17) is 0 Å². The number of imidazole rings is 2. The molecule has 4 aromatic rings. The number of aromatic nitrogens is 6. The molecule has 3 heterocycles. The maximum absolute atomic E-state index is 14.1. The molecule has 0 aliphatic rings. The zero-order valence-corrected chi connectivity index (χ0v) is 15.8. The van der Waals surface area contributed by atoms with Crippen molar-refractivity contribution < 1.29 is 13.2 Å². The Morgan fingerprint density at radius 2 is 1.93 bits per heavy atom. The van der Waals surface area contributed by atoms with Crippen LogP contribution < -0.4 is 16.4 Å². The topological polar surface area (TPSA) is 81.4 Å². The summed E-state index contributed by atoms with van der Waals surface area (Å²) in [4.78, 5) is 27.5. The molecule has 1 N–H and O–H groups in total. The molecule has 0 fully saturated rings. The number of hydrogen-bond donors (Lipinski definition) is 1. The van der Waals surface area contributed by atoms with Crippen LogP contribution in [0.1, 0.15) is 12.5 Å². The predicted molar refractivity (Wildman–Crippen MR) is 105 cm³/mol. The van der Waals surface area contributed by atoms with Crippen molar-refractivity contribution in [2.24, 2.45) is 0 Å². The molecule has 30 heavy (non-hydrogen) atoms. The fourth-order valence-electron chi connectivity index (χ4n) is 3.10. The molecule has 4 rings (SSSR count). The van der Waals surface area contributed by atoms with Crippen LogP contribution >= 0.6 is 0 Å². The number of rotatable bonds is 4. The zero-order chi connectivity index (χ0) is 21.6. The number of fused-ring (bicyclic) bond motifs is 1. The number of benzene rings is 1. The lowest BCUT2D eigenvalue weighted by atomic mass is 10.2. The largest absolute Gasteiger partial charge is 0.328 e. The van der Waals surface area contributed by atoms with Crippen molar-refractivity contribution in [3.8, 4) is 5.95 Å². The third-order valence-corrected chi connectivity index (χ3v) is 4.70. The Morgan fingerprint density at radius 1 is 1.23 bits per heavy atom. The van der Waals surface area contributed by atoms with Crippen molar-refractivity contribution in [2.45, 2.75) is 13.5 Å². The number of aromatic amines is 1. The predicted octanol–water partition coefficient (Wildman–Crippen LogP) is 1.70. The minimum absolute atomic E-state index is 0.0715. The minimum Gasteiger partial charge on any atom is -0.303 e. The van der Waals surface area contributed by atoms with Gasteiger partial charge in [-0.3, -0.25) is 9.13 Å². The van der Waals surface area contributed by atoms with Gasteiger partial charge in [0.1, 0.15) is 29.3 Å². The molecule has 7 nitrogen and oxygen atoms in total. The summed E-state index contributed by atoms with van der Waals surface area (Å²) in [6.07, 6.45) is 2.70. The SMILES string of the molecule is C=C(F)/C(C)=c1\c(=C)ncn1-c1ncc2[nH]c(=O)n(Cc3c(F)cccc3F)c2n1. The van der Waals surface area contributed by atoms with Crippen molar-refractivity contribution >= 4 is 23.3 Å². The quantitative estimate of drug-likeness (QED) is 0.553. The third-order valence-electron chi connectivity index (χ3n) is 4.70. The van der Waals surface area contributed by atoms with Crippen LogP contribution in [0, 0.1) is 11.6 Å². The van der Waals surface area contributed by atoms with Gasteiger partial charge < -0.3 is 4.98 Å². The lowest BCUT2D eigenvalue weighted by Crippen LogP contribution is -2.31. The summed E-state index contributed by atoms with van der Waals surface area (Å²) in [5, 5.41) is 0.598. The van der Waals surface area contributed by atoms with Gasteiger partial charge in [-0.25, -0.2) is 27.9 Å². The number of H-pyrrole nitrogens is 1. The van der Waals surface area contributed by atoms with Gasteiger partial charge >= 0.3 is 5.69 Å². The van der Waals surface area contributed by atoms with Crippen molar-refractivity contribution in [3.63, 3.8) is 0 Å². The van der Waals surface area contributed by atoms with E-state index in [1.807, 2.05) is 0 Å². The van der Waals surface area contributed by atoms with Gasteiger partial charge in [0.25, 0.3) is 0 Å². The molecule has 3 aromatic heterocycles. The molecule has 1 aromatic carbocycles. The lowest BCUT2D eigenvalue weighted by Gasteiger charge is -2.07. The van der Waals surface area contributed by atoms with E-state index in [-0.39, 0.29) is 40.1 Å². The third kappa shape index (κ3) is 3.11. The Bertz CT molecular complexity index is 1460. The van der Waals surface area contributed by atoms with E-state index in [1.165, 1.54) is 30.1 Å². The van der Waals surface area contributed by atoms with Crippen LogP contribution in [-0.4, -0.2) is 29.1 Å². The summed E-state index contributed by atoms with van der Waals surface area (Å²) >= 11 is 0. The monoisotopic (exact) mass is 412 g/mol. The summed E-state index contributed by atoms with van der Waals surface area (Å²) < 4.78 is 44.3. The molecular weight excluding hydrogens is 397 g/mol. The van der Waals surface area contributed by atoms with Crippen molar-refractivity contribution in [3.05, 3.63) is 81.5 Å². The van der Waals surface area contributed by atoms with Crippen LogP contribution in [0.3, 0.4) is 0 Å². The van der Waals surface area contributed by atoms with Crippen LogP contribution in [0.2, 0.25) is 0 Å². The number of nitrogens with one attached hydrogen (secondary N) is 1. The summed E-state index contributed by atoms with van der Waals surface area (Å²) in [7, 11) is 0. The highest BCUT2D eigenvalue weighted by Crippen LogP contribution is 2.16. The average Bonchev–Trinajstić information content (AvgIpc) is 3.23. The molecule has 0 saturated carbocycles. The Labute approximate surface area is 167 Å². The Balaban J connectivity index is 1.93. The van der Waals surface area contributed by atoms with Gasteiger partial charge in [0.2, 0.25) is 5.95 Å². The van der Waals surface area contributed by atoms with E-state index in [9.17, 15) is 18.0 Å². The summed E-state index contributed by atoms with van der Waals surface area (Å²) in [5.74, 6) is -2.16. The van der Waals surface area contributed by atoms with Crippen molar-refractivity contribution in [1.29, 1.82) is 0 Å². The van der Waals surface area contributed by atoms with Gasteiger partial charge in [0.05, 0.1) is 23.4 Å². The van der Waals surface area contributed by atoms with Gasteiger partial charge in [-0.2, -0.15) is 4.98 Å². The molecule has 0 amide bonds. The Hall–Kier alpha value is -3.95. The van der Waals surface area contributed by atoms with E-state index in [0.29, 0.717) is 5.35 Å². The molecule has 0 unspecified atom stereocenters. The van der Waals surface area contributed by atoms with Crippen molar-refractivity contribution in [1.82, 2.24) is 29.1 Å². The van der Waals surface area contributed by atoms with Crippen LogP contribution in [-0.2, 0) is 6.54 Å². The highest BCUT2D eigenvalue weighted by molar-refractivity contribution is 5.70. The lowest BCUT2D eigenvalue weighted by molar-refractivity contribution is 0.544. The van der Waals surface area contributed by atoms with Gasteiger partial charge in [-0.1, -0.05) is 19.2 Å². The second-order valence-electron chi connectivity index (χ2n) is 6.56. The van der Waals surface area contributed by atoms with Gasteiger partial charge in [-0.15, -0.1) is 0 Å². The van der Waals surface area contributed by atoms with Crippen LogP contribution in [0.15, 0.2) is 47.9 Å². The van der Waals surface area contributed by atoms with Crippen LogP contribution in [0.5, 0.6) is 0 Å². The van der Waals surface area contributed by atoms with Crippen molar-refractivity contribution in [2.75, 3.05) is 0 Å². The zero-order valence-electron chi connectivity index (χ0n) is 15.8. The van der Waals surface area contributed by atoms with Gasteiger partial charge in [-0.05, 0) is 19.1 Å². The van der Waals surface area contributed by atoms with E-state index >= 15 is 0 Å². The molecule has 152 valence electrons. The minimum atomic E-state index is -0.782. The standard InChI is InChI=1S/C20H15F3N6O/c1-10(11(2)21)17-12(3)25-9-29(17)19-24-7-16-18(27-19)28(20(30)26-16)8-13-14(22)5-4-6-15(13)23/h4-7,9H,2-3,8H2,1H3,(H,26,30)/b17-10+. The second-order valence-corrected chi connectivity index (χ2v) is 6.56. The van der Waals surface area contributed by atoms with Gasteiger partial charge in [0, 0.05) is 11.1 Å². The van der Waals surface area contributed by atoms with Crippen LogP contribution in [0.4, 0.5) is 13.2 Å². The van der Waals surface area contributed by atoms with E-state index in [1.54, 1.807) is 0 Å². The first kappa shape index (κ1) is 19.4. The van der Waals surface area contributed by atoms with E-state index in [0.717, 1.165) is 16.7 Å². The van der Waals surface area contributed by atoms with E-state index < -0.39 is 23.2 Å². The first-order valence-electron chi connectivity index (χ1n) is 8.74. The molecule has 0 bridgehead atoms. The molecule has 10 heteroatoms. The first-order valence-corrected chi connectivity index (χ1v) is 8.74. The number of hydrogen-bond acceptors (Lipinski definition) is 4. The second kappa shape index (κ2) is 7.14. The average molecular weight is 412 g/mol. The molecule has 0 spiro atoms. The molecule has 0 saturated heterocycles. The van der Waals surface area contributed by atoms with Crippen LogP contribution in [0.25, 0.3) is 29.3 Å². The highest BCUT2D eigenvalue weighted by atomic mass is 19.1. The fraction of sp³-hybridized carbons (Fsp3) is 0.100. The number of allylic oxidation sites excluding steroid dienone is 1. The number of halogens is 3. The molecule has 0 radical (unpaired) electrons. The maximum atomic E-state index is 14.1. The Kier molecular flexibility index (Phi) is 4.61. The fourth-order valence-corrected chi connectivity index (χ4v) is 3.10. The summed E-state index contributed by atoms with van der Waals surface area (Å²) in [6, 6.07) is 3.45. The molecule has 0 atom stereocenters. The normalized spacial score (nSPS) is 12.4. The smallest absolute Gasteiger partial charge is 0.303 e. The molecule has 0 aliphatic carbocycles. The summed E-state index contributed by atoms with van der Waals surface area (Å²) in [5.41, 5.74) is -0.298. The number of nitrogens with zero attached hydrogens (tertiary/aromatic N) is 5. The van der Waals surface area contributed by atoms with Gasteiger partial charge in [0.15, 0.2) is 5.65 Å².